The van der Waals surface area contributed by atoms with Crippen molar-refractivity contribution in [3.05, 3.63) is 95.3 Å². The van der Waals surface area contributed by atoms with E-state index in [1.807, 2.05) is 0 Å². The van der Waals surface area contributed by atoms with Crippen LogP contribution in [0.2, 0.25) is 0 Å². The summed E-state index contributed by atoms with van der Waals surface area (Å²) in [7, 11) is -4.44. The summed E-state index contributed by atoms with van der Waals surface area (Å²) >= 11 is 0. The number of likely N-dealkylation sites (tertiary alicyclic amines) is 1. The first kappa shape index (κ1) is 27.3. The van der Waals surface area contributed by atoms with Gasteiger partial charge in [-0.25, -0.2) is 12.8 Å². The van der Waals surface area contributed by atoms with Gasteiger partial charge in [0, 0.05) is 0 Å². The predicted octanol–water partition coefficient (Wildman–Crippen LogP) is 4.50. The highest BCUT2D eigenvalue weighted by Gasteiger charge is 2.51. The predicted molar refractivity (Wildman–Crippen MR) is 128 cm³/mol. The van der Waals surface area contributed by atoms with Gasteiger partial charge in [-0.1, -0.05) is 31.2 Å². The Morgan fingerprint density at radius 1 is 0.868 bits per heavy atom. The first-order valence-corrected chi connectivity index (χ1v) is 12.9. The van der Waals surface area contributed by atoms with Crippen molar-refractivity contribution in [2.45, 2.75) is 42.4 Å². The van der Waals surface area contributed by atoms with Crippen molar-refractivity contribution in [1.82, 2.24) is 9.62 Å². The number of nitrogens with one attached hydrogen (secondary N) is 1. The topological polar surface area (TPSA) is 104 Å². The molecule has 3 aromatic carbocycles. The molecule has 3 atom stereocenters. The number of aromatic hydroxyl groups is 1. The molecule has 1 fully saturated rings. The standard InChI is InChI=1S/C26H22F4N2O5S/c1-2-21(31-38(36,37)20-13-7-17(8-14-20)26(28,29)30)32-24(34)22(15-3-9-18(27)10-4-15)23(25(32)35)16-5-11-19(33)12-6-16/h3-14,21-23,31,33H,2H2,1H3. The van der Waals surface area contributed by atoms with E-state index in [1.165, 1.54) is 43.3 Å². The third-order valence-electron chi connectivity index (χ3n) is 6.30. The molecule has 1 saturated heterocycles. The van der Waals surface area contributed by atoms with E-state index in [4.69, 9.17) is 0 Å². The molecule has 2 amide bonds. The van der Waals surface area contributed by atoms with Crippen LogP contribution in [-0.4, -0.2) is 36.4 Å². The van der Waals surface area contributed by atoms with E-state index in [0.29, 0.717) is 23.3 Å². The number of halogens is 4. The fourth-order valence-corrected chi connectivity index (χ4v) is 5.67. The average Bonchev–Trinajstić information content (AvgIpc) is 3.13. The van der Waals surface area contributed by atoms with Crippen molar-refractivity contribution in [1.29, 1.82) is 0 Å². The van der Waals surface area contributed by atoms with E-state index < -0.39 is 62.3 Å². The zero-order valence-corrected chi connectivity index (χ0v) is 20.6. The minimum absolute atomic E-state index is 0.0459. The molecular formula is C26H22F4N2O5S. The van der Waals surface area contributed by atoms with E-state index in [9.17, 15) is 40.7 Å². The molecule has 1 heterocycles. The Kier molecular flexibility index (Phi) is 7.31. The Labute approximate surface area is 215 Å². The van der Waals surface area contributed by atoms with E-state index in [0.717, 1.165) is 29.2 Å². The number of alkyl halides is 3. The van der Waals surface area contributed by atoms with Gasteiger partial charge in [0.1, 0.15) is 17.7 Å². The number of amides is 2. The lowest BCUT2D eigenvalue weighted by Gasteiger charge is -2.26. The summed E-state index contributed by atoms with van der Waals surface area (Å²) in [4.78, 5) is 27.6. The summed E-state index contributed by atoms with van der Waals surface area (Å²) in [6, 6.07) is 13.4. The molecule has 2 N–H and O–H groups in total. The normalized spacial score (nSPS) is 19.1. The maximum absolute atomic E-state index is 13.6. The number of imide groups is 1. The number of phenolic OH excluding ortho intramolecular Hbond substituents is 1. The molecule has 7 nitrogen and oxygen atoms in total. The number of rotatable bonds is 7. The Balaban J connectivity index is 1.70. The highest BCUT2D eigenvalue weighted by Crippen LogP contribution is 2.43. The quantitative estimate of drug-likeness (QED) is 0.333. The zero-order chi connectivity index (χ0) is 27.8. The van der Waals surface area contributed by atoms with Crippen LogP contribution in [0.4, 0.5) is 17.6 Å². The zero-order valence-electron chi connectivity index (χ0n) is 19.8. The van der Waals surface area contributed by atoms with Gasteiger partial charge in [0.25, 0.3) is 0 Å². The summed E-state index contributed by atoms with van der Waals surface area (Å²) in [5, 5.41) is 9.66. The van der Waals surface area contributed by atoms with Crippen LogP contribution in [0.15, 0.2) is 77.7 Å². The summed E-state index contributed by atoms with van der Waals surface area (Å²) in [5.41, 5.74) is -0.337. The van der Waals surface area contributed by atoms with Gasteiger partial charge >= 0.3 is 6.18 Å². The van der Waals surface area contributed by atoms with Crippen LogP contribution >= 0.6 is 0 Å². The maximum atomic E-state index is 13.6. The van der Waals surface area contributed by atoms with Crippen LogP contribution in [0.5, 0.6) is 5.75 Å². The van der Waals surface area contributed by atoms with Gasteiger partial charge in [0.2, 0.25) is 21.8 Å². The number of benzene rings is 3. The van der Waals surface area contributed by atoms with Gasteiger partial charge in [-0.3, -0.25) is 14.5 Å². The fourth-order valence-electron chi connectivity index (χ4n) is 4.41. The fraction of sp³-hybridized carbons (Fsp3) is 0.231. The van der Waals surface area contributed by atoms with Crippen molar-refractivity contribution >= 4 is 21.8 Å². The van der Waals surface area contributed by atoms with Gasteiger partial charge in [-0.05, 0) is 66.1 Å². The van der Waals surface area contributed by atoms with E-state index in [1.54, 1.807) is 0 Å². The van der Waals surface area contributed by atoms with Crippen molar-refractivity contribution < 1.29 is 40.7 Å². The molecule has 38 heavy (non-hydrogen) atoms. The van der Waals surface area contributed by atoms with Crippen molar-refractivity contribution in [3.63, 3.8) is 0 Å². The molecule has 0 aliphatic carbocycles. The molecule has 0 saturated carbocycles. The lowest BCUT2D eigenvalue weighted by Crippen LogP contribution is -2.50. The number of hydrogen-bond donors (Lipinski definition) is 2. The van der Waals surface area contributed by atoms with Gasteiger partial charge in [-0.15, -0.1) is 0 Å². The monoisotopic (exact) mass is 550 g/mol. The van der Waals surface area contributed by atoms with Crippen LogP contribution in [0.1, 0.15) is 41.9 Å². The van der Waals surface area contributed by atoms with Gasteiger partial charge < -0.3 is 5.11 Å². The number of carbonyl (C=O) groups is 2. The van der Waals surface area contributed by atoms with Gasteiger partial charge in [0.05, 0.1) is 22.3 Å². The van der Waals surface area contributed by atoms with E-state index in [2.05, 4.69) is 4.72 Å². The average molecular weight is 551 g/mol. The minimum Gasteiger partial charge on any atom is -0.508 e. The number of carbonyl (C=O) groups excluding carboxylic acids is 2. The lowest BCUT2D eigenvalue weighted by atomic mass is 9.83. The third-order valence-corrected chi connectivity index (χ3v) is 7.78. The Morgan fingerprint density at radius 2 is 1.34 bits per heavy atom. The van der Waals surface area contributed by atoms with E-state index in [-0.39, 0.29) is 12.2 Å². The lowest BCUT2D eigenvalue weighted by molar-refractivity contribution is -0.142. The minimum atomic E-state index is -4.66. The second-order valence-corrected chi connectivity index (χ2v) is 10.4. The van der Waals surface area contributed by atoms with Crippen LogP contribution in [0, 0.1) is 5.82 Å². The first-order valence-electron chi connectivity index (χ1n) is 11.4. The Bertz CT molecular complexity index is 1380. The third kappa shape index (κ3) is 5.27. The molecule has 3 unspecified atom stereocenters. The molecule has 200 valence electrons. The number of nitrogens with zero attached hydrogens (tertiary/aromatic N) is 1. The van der Waals surface area contributed by atoms with Crippen LogP contribution in [0.25, 0.3) is 0 Å². The maximum Gasteiger partial charge on any atom is 0.416 e. The summed E-state index contributed by atoms with van der Waals surface area (Å²) in [6.07, 6.45) is -6.06. The van der Waals surface area contributed by atoms with E-state index >= 15 is 0 Å². The molecule has 0 aromatic heterocycles. The van der Waals surface area contributed by atoms with Crippen LogP contribution in [-0.2, 0) is 25.8 Å². The number of phenols is 1. The molecule has 12 heteroatoms. The van der Waals surface area contributed by atoms with Gasteiger partial charge in [0.15, 0.2) is 0 Å². The largest absolute Gasteiger partial charge is 0.508 e. The summed E-state index contributed by atoms with van der Waals surface area (Å²) in [6.45, 7) is 1.53. The second kappa shape index (κ2) is 10.2. The molecule has 0 spiro atoms. The molecule has 4 rings (SSSR count). The number of hydrogen-bond acceptors (Lipinski definition) is 5. The first-order chi connectivity index (χ1) is 17.8. The molecule has 0 bridgehead atoms. The molecule has 1 aliphatic rings. The molecule has 0 radical (unpaired) electrons. The smallest absolute Gasteiger partial charge is 0.416 e. The summed E-state index contributed by atoms with van der Waals surface area (Å²) in [5.74, 6) is -4.30. The number of sulfonamides is 1. The molecular weight excluding hydrogens is 528 g/mol. The summed E-state index contributed by atoms with van der Waals surface area (Å²) < 4.78 is 80.5. The SMILES string of the molecule is CCC(NS(=O)(=O)c1ccc(C(F)(F)F)cc1)N1C(=O)C(c2ccc(O)cc2)C(c2ccc(F)cc2)C1=O. The highest BCUT2D eigenvalue weighted by atomic mass is 32.2. The molecule has 1 aliphatic heterocycles. The molecule has 3 aromatic rings. The Hall–Kier alpha value is -3.77. The van der Waals surface area contributed by atoms with Crippen molar-refractivity contribution in [3.8, 4) is 5.75 Å². The van der Waals surface area contributed by atoms with Crippen molar-refractivity contribution in [2.24, 2.45) is 0 Å². The van der Waals surface area contributed by atoms with Crippen molar-refractivity contribution in [2.75, 3.05) is 0 Å². The second-order valence-electron chi connectivity index (χ2n) is 8.71. The van der Waals surface area contributed by atoms with Crippen LogP contribution in [0.3, 0.4) is 0 Å². The van der Waals surface area contributed by atoms with Gasteiger partial charge in [-0.2, -0.15) is 17.9 Å². The Morgan fingerprint density at radius 3 is 1.79 bits per heavy atom. The van der Waals surface area contributed by atoms with Crippen LogP contribution < -0.4 is 4.72 Å². The highest BCUT2D eigenvalue weighted by molar-refractivity contribution is 7.89.